The van der Waals surface area contributed by atoms with E-state index in [4.69, 9.17) is 4.74 Å². The summed E-state index contributed by atoms with van der Waals surface area (Å²) in [5.41, 5.74) is 2.27. The monoisotopic (exact) mass is 431 g/mol. The third kappa shape index (κ3) is 4.24. The number of carbonyl (C=O) groups is 1. The molecule has 4 heterocycles. The molecule has 32 heavy (non-hydrogen) atoms. The van der Waals surface area contributed by atoms with Crippen LogP contribution in [0.15, 0.2) is 49.1 Å². The largest absolute Gasteiger partial charge is 0.491 e. The fraction of sp³-hybridized carbons (Fsp3) is 0.348. The first-order valence-corrected chi connectivity index (χ1v) is 10.8. The number of hydrogen-bond donors (Lipinski definition) is 0. The van der Waals surface area contributed by atoms with Crippen LogP contribution in [0.3, 0.4) is 0 Å². The molecule has 2 aliphatic rings. The maximum atomic E-state index is 13.3. The highest BCUT2D eigenvalue weighted by Crippen LogP contribution is 2.29. The van der Waals surface area contributed by atoms with Gasteiger partial charge in [0, 0.05) is 56.5 Å². The van der Waals surface area contributed by atoms with Crippen molar-refractivity contribution in [1.82, 2.24) is 29.7 Å². The topological polar surface area (TPSA) is 87.6 Å². The van der Waals surface area contributed by atoms with Crippen LogP contribution in [0, 0.1) is 0 Å². The van der Waals surface area contributed by atoms with Gasteiger partial charge in [0.05, 0.1) is 18.7 Å². The summed E-state index contributed by atoms with van der Waals surface area (Å²) in [6.45, 7) is 5.08. The van der Waals surface area contributed by atoms with E-state index in [9.17, 15) is 4.79 Å². The standard InChI is InChI=1S/C23H25N7O2/c1-28-7-9-29(10-8-28)23-26-14-18(15-27-23)17-3-4-20-19(13-17)22(31)30(11-12-32-20)16-21-24-5-2-6-25-21/h2-6,13-15H,7-12,16H2,1H3. The normalized spacial score (nSPS) is 17.0. The minimum atomic E-state index is -0.0956. The molecular weight excluding hydrogens is 406 g/mol. The first-order chi connectivity index (χ1) is 15.7. The van der Waals surface area contributed by atoms with Gasteiger partial charge in [-0.15, -0.1) is 0 Å². The number of carbonyl (C=O) groups excluding carboxylic acids is 1. The summed E-state index contributed by atoms with van der Waals surface area (Å²) in [7, 11) is 2.12. The molecule has 0 aliphatic carbocycles. The molecule has 164 valence electrons. The minimum Gasteiger partial charge on any atom is -0.491 e. The molecule has 9 nitrogen and oxygen atoms in total. The molecule has 1 saturated heterocycles. The number of aromatic nitrogens is 4. The number of nitrogens with zero attached hydrogens (tertiary/aromatic N) is 7. The van der Waals surface area contributed by atoms with Gasteiger partial charge < -0.3 is 19.4 Å². The first kappa shape index (κ1) is 20.3. The molecule has 5 rings (SSSR count). The molecule has 0 spiro atoms. The number of benzene rings is 1. The second kappa shape index (κ2) is 8.88. The van der Waals surface area contributed by atoms with E-state index in [-0.39, 0.29) is 5.91 Å². The molecule has 2 aromatic heterocycles. The maximum Gasteiger partial charge on any atom is 0.258 e. The second-order valence-electron chi connectivity index (χ2n) is 8.01. The van der Waals surface area contributed by atoms with Crippen LogP contribution >= 0.6 is 0 Å². The summed E-state index contributed by atoms with van der Waals surface area (Å²) in [6.07, 6.45) is 7.00. The minimum absolute atomic E-state index is 0.0956. The van der Waals surface area contributed by atoms with Crippen molar-refractivity contribution >= 4 is 11.9 Å². The molecule has 1 amide bonds. The van der Waals surface area contributed by atoms with Crippen molar-refractivity contribution in [2.24, 2.45) is 0 Å². The Morgan fingerprint density at radius 3 is 2.44 bits per heavy atom. The quantitative estimate of drug-likeness (QED) is 0.617. The number of likely N-dealkylation sites (N-methyl/N-ethyl adjacent to an activating group) is 1. The highest BCUT2D eigenvalue weighted by molar-refractivity contribution is 5.98. The van der Waals surface area contributed by atoms with E-state index >= 15 is 0 Å². The van der Waals surface area contributed by atoms with E-state index in [0.717, 1.165) is 43.3 Å². The second-order valence-corrected chi connectivity index (χ2v) is 8.01. The number of piperazine rings is 1. The molecule has 0 atom stereocenters. The summed E-state index contributed by atoms with van der Waals surface area (Å²) in [5, 5.41) is 0. The summed E-state index contributed by atoms with van der Waals surface area (Å²) in [5.74, 6) is 1.84. The summed E-state index contributed by atoms with van der Waals surface area (Å²) < 4.78 is 5.84. The van der Waals surface area contributed by atoms with Crippen molar-refractivity contribution in [1.29, 1.82) is 0 Å². The predicted molar refractivity (Wildman–Crippen MR) is 119 cm³/mol. The highest BCUT2D eigenvalue weighted by Gasteiger charge is 2.25. The molecule has 1 aromatic carbocycles. The summed E-state index contributed by atoms with van der Waals surface area (Å²) in [6, 6.07) is 7.40. The Balaban J connectivity index is 1.37. The summed E-state index contributed by atoms with van der Waals surface area (Å²) >= 11 is 0. The zero-order chi connectivity index (χ0) is 21.9. The van der Waals surface area contributed by atoms with Crippen molar-refractivity contribution in [3.05, 3.63) is 60.4 Å². The van der Waals surface area contributed by atoms with Crippen LogP contribution in [-0.2, 0) is 6.54 Å². The lowest BCUT2D eigenvalue weighted by Crippen LogP contribution is -2.45. The van der Waals surface area contributed by atoms with Crippen molar-refractivity contribution in [2.75, 3.05) is 51.3 Å². The van der Waals surface area contributed by atoms with E-state index in [1.165, 1.54) is 0 Å². The van der Waals surface area contributed by atoms with Crippen molar-refractivity contribution < 1.29 is 9.53 Å². The van der Waals surface area contributed by atoms with E-state index in [1.807, 2.05) is 30.6 Å². The van der Waals surface area contributed by atoms with Gasteiger partial charge in [-0.1, -0.05) is 6.07 Å². The van der Waals surface area contributed by atoms with E-state index in [1.54, 1.807) is 23.4 Å². The number of fused-ring (bicyclic) bond motifs is 1. The van der Waals surface area contributed by atoms with Crippen LogP contribution in [0.4, 0.5) is 5.95 Å². The van der Waals surface area contributed by atoms with Crippen molar-refractivity contribution in [3.8, 4) is 16.9 Å². The van der Waals surface area contributed by atoms with E-state index in [0.29, 0.717) is 36.8 Å². The van der Waals surface area contributed by atoms with Gasteiger partial charge in [-0.3, -0.25) is 4.79 Å². The first-order valence-electron chi connectivity index (χ1n) is 10.8. The zero-order valence-corrected chi connectivity index (χ0v) is 18.0. The predicted octanol–water partition coefficient (Wildman–Crippen LogP) is 1.72. The SMILES string of the molecule is CN1CCN(c2ncc(-c3ccc4c(c3)C(=O)N(Cc3ncccn3)CCO4)cn2)CC1. The van der Waals surface area contributed by atoms with Gasteiger partial charge in [0.2, 0.25) is 5.95 Å². The van der Waals surface area contributed by atoms with Crippen molar-refractivity contribution in [3.63, 3.8) is 0 Å². The Morgan fingerprint density at radius 2 is 1.69 bits per heavy atom. The van der Waals surface area contributed by atoms with Crippen LogP contribution < -0.4 is 9.64 Å². The van der Waals surface area contributed by atoms with Gasteiger partial charge in [-0.05, 0) is 30.8 Å². The third-order valence-electron chi connectivity index (χ3n) is 5.83. The molecule has 3 aromatic rings. The molecule has 0 unspecified atom stereocenters. The molecule has 0 bridgehead atoms. The highest BCUT2D eigenvalue weighted by atomic mass is 16.5. The molecule has 0 saturated carbocycles. The average molecular weight is 432 g/mol. The fourth-order valence-electron chi connectivity index (χ4n) is 3.91. The smallest absolute Gasteiger partial charge is 0.258 e. The Labute approximate surface area is 186 Å². The molecule has 2 aliphatic heterocycles. The van der Waals surface area contributed by atoms with Crippen LogP contribution in [0.25, 0.3) is 11.1 Å². The van der Waals surface area contributed by atoms with Gasteiger partial charge in [-0.2, -0.15) is 0 Å². The van der Waals surface area contributed by atoms with Crippen LogP contribution in [-0.4, -0.2) is 82.0 Å². The third-order valence-corrected chi connectivity index (χ3v) is 5.83. The molecule has 0 radical (unpaired) electrons. The zero-order valence-electron chi connectivity index (χ0n) is 18.0. The lowest BCUT2D eigenvalue weighted by atomic mass is 10.0. The average Bonchev–Trinajstić information content (AvgIpc) is 2.99. The van der Waals surface area contributed by atoms with Crippen molar-refractivity contribution in [2.45, 2.75) is 6.54 Å². The van der Waals surface area contributed by atoms with Crippen LogP contribution in [0.5, 0.6) is 5.75 Å². The summed E-state index contributed by atoms with van der Waals surface area (Å²) in [4.78, 5) is 37.1. The number of amides is 1. The van der Waals surface area contributed by atoms with Gasteiger partial charge in [0.25, 0.3) is 5.91 Å². The van der Waals surface area contributed by atoms with Gasteiger partial charge >= 0.3 is 0 Å². The Kier molecular flexibility index (Phi) is 5.64. The molecule has 9 heteroatoms. The van der Waals surface area contributed by atoms with Crippen LogP contribution in [0.1, 0.15) is 16.2 Å². The van der Waals surface area contributed by atoms with Crippen LogP contribution in [0.2, 0.25) is 0 Å². The molecule has 1 fully saturated rings. The fourth-order valence-corrected chi connectivity index (χ4v) is 3.91. The van der Waals surface area contributed by atoms with Gasteiger partial charge in [0.15, 0.2) is 0 Å². The maximum absolute atomic E-state index is 13.3. The molecular formula is C23H25N7O2. The lowest BCUT2D eigenvalue weighted by Gasteiger charge is -2.32. The number of anilines is 1. The van der Waals surface area contributed by atoms with Gasteiger partial charge in [-0.25, -0.2) is 19.9 Å². The number of hydrogen-bond acceptors (Lipinski definition) is 8. The molecule has 0 N–H and O–H groups in total. The number of rotatable bonds is 4. The van der Waals surface area contributed by atoms with E-state index < -0.39 is 0 Å². The number of ether oxygens (including phenoxy) is 1. The van der Waals surface area contributed by atoms with Gasteiger partial charge in [0.1, 0.15) is 18.2 Å². The van der Waals surface area contributed by atoms with E-state index in [2.05, 4.69) is 36.8 Å². The Morgan fingerprint density at radius 1 is 0.938 bits per heavy atom. The Hall–Kier alpha value is -3.59. The lowest BCUT2D eigenvalue weighted by molar-refractivity contribution is 0.0738. The Bertz CT molecular complexity index is 1080.